The highest BCUT2D eigenvalue weighted by molar-refractivity contribution is 6.10. The minimum atomic E-state index is 0.986. The largest absolute Gasteiger partial charge is 0.372 e. The first-order valence-electron chi connectivity index (χ1n) is 29.4. The highest BCUT2D eigenvalue weighted by Gasteiger charge is 2.28. The van der Waals surface area contributed by atoms with Crippen molar-refractivity contribution in [2.45, 2.75) is 41.5 Å². The smallest absolute Gasteiger partial charge is 0.0366 e. The van der Waals surface area contributed by atoms with Crippen molar-refractivity contribution in [2.24, 2.45) is 0 Å². The zero-order valence-corrected chi connectivity index (χ0v) is 47.6. The van der Waals surface area contributed by atoms with Gasteiger partial charge in [0.1, 0.15) is 0 Å². The Morgan fingerprint density at radius 3 is 0.704 bits per heavy atom. The molecular formula is C78H69N3. The molecule has 0 heterocycles. The van der Waals surface area contributed by atoms with Crippen molar-refractivity contribution < 1.29 is 0 Å². The second-order valence-corrected chi connectivity index (χ2v) is 21.7. The Bertz CT molecular complexity index is 3660. The number of hydrogen-bond acceptors (Lipinski definition) is 3. The molecule has 0 saturated heterocycles. The molecular weight excluding hydrogens is 979 g/mol. The van der Waals surface area contributed by atoms with Crippen LogP contribution in [0.15, 0.2) is 218 Å². The normalized spacial score (nSPS) is 13.9. The Morgan fingerprint density at radius 2 is 0.457 bits per heavy atom. The predicted molar refractivity (Wildman–Crippen MR) is 350 cm³/mol. The fourth-order valence-corrected chi connectivity index (χ4v) is 13.0. The maximum Gasteiger partial charge on any atom is 0.0366 e. The van der Waals surface area contributed by atoms with Crippen molar-refractivity contribution in [2.75, 3.05) is 54.0 Å². The monoisotopic (exact) mass is 1050 g/mol. The van der Waals surface area contributed by atoms with Crippen LogP contribution in [0.1, 0.15) is 91.6 Å². The van der Waals surface area contributed by atoms with Gasteiger partial charge in [0.2, 0.25) is 0 Å². The van der Waals surface area contributed by atoms with E-state index in [0.717, 1.165) is 39.3 Å². The molecule has 0 aliphatic heterocycles. The summed E-state index contributed by atoms with van der Waals surface area (Å²) in [6.45, 7) is 19.3. The number of anilines is 3. The summed E-state index contributed by atoms with van der Waals surface area (Å²) in [4.78, 5) is 7.21. The Hall–Kier alpha value is -9.18. The van der Waals surface area contributed by atoms with Gasteiger partial charge in [0.15, 0.2) is 0 Å². The minimum absolute atomic E-state index is 0.986. The number of hydrogen-bond donors (Lipinski definition) is 0. The first-order chi connectivity index (χ1) is 39.8. The average molecular weight is 1050 g/mol. The molecule has 10 aromatic rings. The van der Waals surface area contributed by atoms with Gasteiger partial charge in [-0.2, -0.15) is 0 Å². The van der Waals surface area contributed by atoms with Crippen LogP contribution in [-0.2, 0) is 0 Å². The van der Waals surface area contributed by atoms with Crippen LogP contribution >= 0.6 is 0 Å². The number of nitrogens with zero attached hydrogens (tertiary/aromatic N) is 3. The fraction of sp³-hybridized carbons (Fsp3) is 0.154. The van der Waals surface area contributed by atoms with Crippen LogP contribution in [0.4, 0.5) is 17.1 Å². The van der Waals surface area contributed by atoms with Crippen molar-refractivity contribution in [3.63, 3.8) is 0 Å². The molecule has 0 amide bonds. The molecule has 3 heteroatoms. The summed E-state index contributed by atoms with van der Waals surface area (Å²) < 4.78 is 0. The summed E-state index contributed by atoms with van der Waals surface area (Å²) in [5.41, 5.74) is 33.6. The average Bonchev–Trinajstić information content (AvgIpc) is 4.25. The van der Waals surface area contributed by atoms with E-state index in [2.05, 4.69) is 293 Å². The molecule has 0 N–H and O–H groups in total. The van der Waals surface area contributed by atoms with Gasteiger partial charge < -0.3 is 14.7 Å². The third-order valence-corrected chi connectivity index (χ3v) is 17.4. The first kappa shape index (κ1) is 51.3. The lowest BCUT2D eigenvalue weighted by Crippen LogP contribution is -2.21. The van der Waals surface area contributed by atoms with E-state index in [1.807, 2.05) is 0 Å². The van der Waals surface area contributed by atoms with Gasteiger partial charge in [0.25, 0.3) is 0 Å². The van der Waals surface area contributed by atoms with Gasteiger partial charge in [-0.3, -0.25) is 0 Å². The highest BCUT2D eigenvalue weighted by Crippen LogP contribution is 2.51. The molecule has 3 aliphatic carbocycles. The summed E-state index contributed by atoms with van der Waals surface area (Å²) in [7, 11) is 0. The lowest BCUT2D eigenvalue weighted by Gasteiger charge is -2.21. The molecule has 0 saturated carbocycles. The van der Waals surface area contributed by atoms with Gasteiger partial charge in [0.05, 0.1) is 0 Å². The molecule has 0 unspecified atom stereocenters. The molecule has 81 heavy (non-hydrogen) atoms. The van der Waals surface area contributed by atoms with Crippen molar-refractivity contribution in [3.05, 3.63) is 268 Å². The van der Waals surface area contributed by atoms with Crippen LogP contribution in [0.2, 0.25) is 0 Å². The van der Waals surface area contributed by atoms with Crippen molar-refractivity contribution >= 4 is 52.0 Å². The van der Waals surface area contributed by atoms with Gasteiger partial charge >= 0.3 is 0 Å². The maximum absolute atomic E-state index is 2.45. The summed E-state index contributed by atoms with van der Waals surface area (Å²) in [6.07, 6.45) is 7.17. The highest BCUT2D eigenvalue weighted by atomic mass is 15.1. The fourth-order valence-electron chi connectivity index (χ4n) is 13.0. The SMILES string of the molecule is CCN(CC)c1ccc(/C=C2\c3ccccc3-c3ccc(-c4cc(-c5ccc6c(c5)/C(=C/c5ccc(N(CC)CC)cc5)c5ccccc5-6)cc(-c5ccc6c(c5)/C(=C/c5ccc(N(CC)CC)cc5)c5ccccc5-6)c4)cc32)cc1. The van der Waals surface area contributed by atoms with Crippen LogP contribution in [0, 0.1) is 0 Å². The summed E-state index contributed by atoms with van der Waals surface area (Å²) in [5.74, 6) is 0. The molecule has 0 radical (unpaired) electrons. The molecule has 0 fully saturated rings. The number of fused-ring (bicyclic) bond motifs is 9. The van der Waals surface area contributed by atoms with E-state index in [1.54, 1.807) is 0 Å². The van der Waals surface area contributed by atoms with Crippen molar-refractivity contribution in [1.82, 2.24) is 0 Å². The Balaban J connectivity index is 0.961. The predicted octanol–water partition coefficient (Wildman–Crippen LogP) is 19.9. The lowest BCUT2D eigenvalue weighted by molar-refractivity contribution is 0.866. The van der Waals surface area contributed by atoms with E-state index in [9.17, 15) is 0 Å². The zero-order valence-electron chi connectivity index (χ0n) is 47.6. The Kier molecular flexibility index (Phi) is 13.8. The van der Waals surface area contributed by atoms with Gasteiger partial charge in [-0.1, -0.05) is 146 Å². The summed E-state index contributed by atoms with van der Waals surface area (Å²) in [6, 6.07) is 82.8. The van der Waals surface area contributed by atoms with Crippen LogP contribution in [0.25, 0.3) is 102 Å². The van der Waals surface area contributed by atoms with Gasteiger partial charge in [0, 0.05) is 56.3 Å². The third kappa shape index (κ3) is 9.41. The standard InChI is InChI=1S/C78H69N3/c1-7-79(8-2)61-34-25-52(26-35-61)43-73-67-22-16-13-19-64(67)70-40-31-55(49-76(70)73)58-46-59(56-32-41-71-65-20-14-17-23-68(65)74(77(71)50-56)44-53-27-36-62(37-28-53)80(9-3)10-4)48-60(47-58)57-33-42-72-66-21-15-18-24-69(66)75(78(72)51-57)45-54-29-38-63(39-30-54)81(11-5)12-6/h13-51H,7-12H2,1-6H3/b73-43+,74-44+,75-45+. The molecule has 13 rings (SSSR count). The summed E-state index contributed by atoms with van der Waals surface area (Å²) in [5, 5.41) is 0. The van der Waals surface area contributed by atoms with E-state index in [1.165, 1.54) is 151 Å². The molecule has 396 valence electrons. The van der Waals surface area contributed by atoms with Gasteiger partial charge in [-0.05, 0) is 266 Å². The molecule has 3 aliphatic rings. The van der Waals surface area contributed by atoms with Crippen LogP contribution in [0.5, 0.6) is 0 Å². The number of rotatable bonds is 15. The van der Waals surface area contributed by atoms with E-state index in [-0.39, 0.29) is 0 Å². The molecule has 0 bridgehead atoms. The van der Waals surface area contributed by atoms with Crippen molar-refractivity contribution in [3.8, 4) is 66.8 Å². The molecule has 0 atom stereocenters. The van der Waals surface area contributed by atoms with E-state index in [4.69, 9.17) is 0 Å². The van der Waals surface area contributed by atoms with E-state index in [0.29, 0.717) is 0 Å². The molecule has 3 nitrogen and oxygen atoms in total. The third-order valence-electron chi connectivity index (χ3n) is 17.4. The van der Waals surface area contributed by atoms with Crippen LogP contribution < -0.4 is 14.7 Å². The topological polar surface area (TPSA) is 9.72 Å². The molecule has 10 aromatic carbocycles. The van der Waals surface area contributed by atoms with Gasteiger partial charge in [-0.15, -0.1) is 0 Å². The Morgan fingerprint density at radius 1 is 0.222 bits per heavy atom. The second-order valence-electron chi connectivity index (χ2n) is 21.7. The van der Waals surface area contributed by atoms with Gasteiger partial charge in [-0.25, -0.2) is 0 Å². The van der Waals surface area contributed by atoms with Crippen molar-refractivity contribution in [1.29, 1.82) is 0 Å². The maximum atomic E-state index is 2.45. The number of benzene rings is 10. The summed E-state index contributed by atoms with van der Waals surface area (Å²) >= 11 is 0. The Labute approximate surface area is 480 Å². The molecule has 0 aromatic heterocycles. The van der Waals surface area contributed by atoms with Crippen LogP contribution in [-0.4, -0.2) is 39.3 Å². The quantitative estimate of drug-likeness (QED) is 0.101. The lowest BCUT2D eigenvalue weighted by atomic mass is 9.89. The first-order valence-corrected chi connectivity index (χ1v) is 29.4. The van der Waals surface area contributed by atoms with Crippen LogP contribution in [0.3, 0.4) is 0 Å². The zero-order chi connectivity index (χ0) is 55.1. The second kappa shape index (κ2) is 21.8. The minimum Gasteiger partial charge on any atom is -0.372 e. The van der Waals surface area contributed by atoms with E-state index >= 15 is 0 Å². The molecule has 0 spiro atoms. The van der Waals surface area contributed by atoms with E-state index < -0.39 is 0 Å².